The van der Waals surface area contributed by atoms with Gasteiger partial charge in [-0.25, -0.2) is 0 Å². The largest absolute Gasteiger partial charge is 0.315 e. The lowest BCUT2D eigenvalue weighted by Gasteiger charge is -2.06. The number of amides is 1. The third-order valence-electron chi connectivity index (χ3n) is 2.61. The molecule has 0 unspecified atom stereocenters. The van der Waals surface area contributed by atoms with Crippen LogP contribution >= 0.6 is 23.4 Å². The van der Waals surface area contributed by atoms with Crippen molar-refractivity contribution < 1.29 is 9.72 Å². The number of thioether (sulfide) groups is 1. The van der Waals surface area contributed by atoms with Gasteiger partial charge < -0.3 is 5.32 Å². The number of rotatable bonds is 4. The van der Waals surface area contributed by atoms with Crippen LogP contribution in [0.2, 0.25) is 5.02 Å². The number of benzene rings is 2. The number of hydrogen-bond donors (Lipinski definition) is 1. The molecule has 0 saturated heterocycles. The first-order valence-corrected chi connectivity index (χ1v) is 7.34. The van der Waals surface area contributed by atoms with Gasteiger partial charge in [0.1, 0.15) is 0 Å². The highest BCUT2D eigenvalue weighted by atomic mass is 35.5. The lowest BCUT2D eigenvalue weighted by atomic mass is 10.2. The van der Waals surface area contributed by atoms with Crippen molar-refractivity contribution in [1.82, 2.24) is 0 Å². The van der Waals surface area contributed by atoms with Gasteiger partial charge in [0, 0.05) is 17.9 Å². The molecule has 2 aromatic carbocycles. The monoisotopic (exact) mass is 322 g/mol. The van der Waals surface area contributed by atoms with Crippen molar-refractivity contribution in [2.24, 2.45) is 0 Å². The number of nitrogens with one attached hydrogen (secondary N) is 1. The minimum absolute atomic E-state index is 0.122. The molecule has 2 aromatic rings. The van der Waals surface area contributed by atoms with E-state index >= 15 is 0 Å². The molecule has 5 nitrogen and oxygen atoms in total. The number of hydrogen-bond acceptors (Lipinski definition) is 4. The van der Waals surface area contributed by atoms with Crippen LogP contribution in [0.25, 0.3) is 0 Å². The van der Waals surface area contributed by atoms with Crippen LogP contribution in [-0.4, -0.2) is 10.2 Å². The van der Waals surface area contributed by atoms with Crippen molar-refractivity contribution >= 4 is 40.0 Å². The van der Waals surface area contributed by atoms with E-state index in [1.807, 2.05) is 30.3 Å². The van der Waals surface area contributed by atoms with Crippen LogP contribution in [-0.2, 0) is 5.75 Å². The van der Waals surface area contributed by atoms with E-state index in [2.05, 4.69) is 5.32 Å². The molecular weight excluding hydrogens is 312 g/mol. The van der Waals surface area contributed by atoms with E-state index in [9.17, 15) is 14.9 Å². The third kappa shape index (κ3) is 4.47. The Bertz CT molecular complexity index is 665. The summed E-state index contributed by atoms with van der Waals surface area (Å²) < 4.78 is 0. The Morgan fingerprint density at radius 1 is 1.24 bits per heavy atom. The summed E-state index contributed by atoms with van der Waals surface area (Å²) in [5.74, 6) is 0.513. The summed E-state index contributed by atoms with van der Waals surface area (Å²) in [6.45, 7) is 0. The topological polar surface area (TPSA) is 72.2 Å². The molecule has 0 heterocycles. The van der Waals surface area contributed by atoms with Gasteiger partial charge in [-0.1, -0.05) is 53.7 Å². The van der Waals surface area contributed by atoms with Crippen molar-refractivity contribution in [3.63, 3.8) is 0 Å². The number of carbonyl (C=O) groups is 1. The van der Waals surface area contributed by atoms with E-state index in [1.165, 1.54) is 18.2 Å². The minimum atomic E-state index is -0.539. The summed E-state index contributed by atoms with van der Waals surface area (Å²) in [7, 11) is 0. The molecule has 0 aliphatic heterocycles. The predicted octanol–water partition coefficient (Wildman–Crippen LogP) is 4.71. The number of carbonyl (C=O) groups excluding carboxylic acids is 1. The van der Waals surface area contributed by atoms with Gasteiger partial charge in [-0.2, -0.15) is 0 Å². The lowest BCUT2D eigenvalue weighted by Crippen LogP contribution is -2.06. The van der Waals surface area contributed by atoms with Crippen LogP contribution in [0.5, 0.6) is 0 Å². The second kappa shape index (κ2) is 7.10. The first-order valence-electron chi connectivity index (χ1n) is 5.98. The molecule has 1 N–H and O–H groups in total. The van der Waals surface area contributed by atoms with Crippen molar-refractivity contribution in [3.05, 3.63) is 69.2 Å². The van der Waals surface area contributed by atoms with Crippen LogP contribution in [0.15, 0.2) is 48.5 Å². The van der Waals surface area contributed by atoms with E-state index in [1.54, 1.807) is 0 Å². The summed E-state index contributed by atoms with van der Waals surface area (Å²) in [4.78, 5) is 22.0. The maximum atomic E-state index is 11.8. The highest BCUT2D eigenvalue weighted by Gasteiger charge is 2.12. The number of halogens is 1. The summed E-state index contributed by atoms with van der Waals surface area (Å²) in [6, 6.07) is 13.4. The molecule has 108 valence electrons. The highest BCUT2D eigenvalue weighted by molar-refractivity contribution is 8.13. The van der Waals surface area contributed by atoms with E-state index in [0.717, 1.165) is 17.3 Å². The molecule has 0 radical (unpaired) electrons. The van der Waals surface area contributed by atoms with Gasteiger partial charge in [0.05, 0.1) is 15.6 Å². The molecule has 0 aliphatic rings. The molecule has 0 spiro atoms. The van der Waals surface area contributed by atoms with Crippen LogP contribution in [0.3, 0.4) is 0 Å². The molecule has 0 atom stereocenters. The van der Waals surface area contributed by atoms with Crippen LogP contribution in [0.4, 0.5) is 16.2 Å². The summed E-state index contributed by atoms with van der Waals surface area (Å²) >= 11 is 6.98. The SMILES string of the molecule is O=C(Nc1cc([N+](=O)[O-])ccc1Cl)SCc1ccccc1. The normalized spacial score (nSPS) is 10.1. The smallest absolute Gasteiger partial charge is 0.283 e. The van der Waals surface area contributed by atoms with Crippen LogP contribution in [0.1, 0.15) is 5.56 Å². The van der Waals surface area contributed by atoms with E-state index in [4.69, 9.17) is 11.6 Å². The first-order chi connectivity index (χ1) is 10.1. The standard InChI is InChI=1S/C14H11ClN2O3S/c15-12-7-6-11(17(19)20)8-13(12)16-14(18)21-9-10-4-2-1-3-5-10/h1-8H,9H2,(H,16,18). The fourth-order valence-corrected chi connectivity index (χ4v) is 2.43. The Morgan fingerprint density at radius 3 is 2.62 bits per heavy atom. The van der Waals surface area contributed by atoms with Crippen molar-refractivity contribution in [1.29, 1.82) is 0 Å². The molecule has 0 bridgehead atoms. The van der Waals surface area contributed by atoms with Gasteiger partial charge in [-0.3, -0.25) is 14.9 Å². The molecule has 7 heteroatoms. The van der Waals surface area contributed by atoms with Crippen molar-refractivity contribution in [2.75, 3.05) is 5.32 Å². The molecule has 2 rings (SSSR count). The Labute approximate surface area is 130 Å². The highest BCUT2D eigenvalue weighted by Crippen LogP contribution is 2.28. The van der Waals surface area contributed by atoms with Gasteiger partial charge >= 0.3 is 0 Å². The Kier molecular flexibility index (Phi) is 5.19. The van der Waals surface area contributed by atoms with Crippen molar-refractivity contribution in [3.8, 4) is 0 Å². The van der Waals surface area contributed by atoms with Crippen LogP contribution < -0.4 is 5.32 Å². The van der Waals surface area contributed by atoms with Crippen LogP contribution in [0, 0.1) is 10.1 Å². The number of anilines is 1. The molecule has 0 aromatic heterocycles. The molecule has 0 fully saturated rings. The van der Waals surface area contributed by atoms with Gasteiger partial charge in [0.2, 0.25) is 0 Å². The van der Waals surface area contributed by atoms with E-state index in [-0.39, 0.29) is 21.6 Å². The molecule has 0 saturated carbocycles. The summed E-state index contributed by atoms with van der Waals surface area (Å²) in [5, 5.41) is 13.2. The Morgan fingerprint density at radius 2 is 1.95 bits per heavy atom. The number of nitrogens with zero attached hydrogens (tertiary/aromatic N) is 1. The van der Waals surface area contributed by atoms with Gasteiger partial charge in [0.25, 0.3) is 10.9 Å². The van der Waals surface area contributed by atoms with Gasteiger partial charge in [0.15, 0.2) is 0 Å². The van der Waals surface area contributed by atoms with Gasteiger partial charge in [-0.05, 0) is 11.6 Å². The summed E-state index contributed by atoms with van der Waals surface area (Å²) in [5.41, 5.74) is 1.13. The number of non-ortho nitro benzene ring substituents is 1. The fourth-order valence-electron chi connectivity index (χ4n) is 1.59. The number of nitro benzene ring substituents is 1. The maximum absolute atomic E-state index is 11.8. The molecule has 21 heavy (non-hydrogen) atoms. The van der Waals surface area contributed by atoms with Gasteiger partial charge in [-0.15, -0.1) is 0 Å². The average molecular weight is 323 g/mol. The minimum Gasteiger partial charge on any atom is -0.315 e. The zero-order chi connectivity index (χ0) is 15.2. The second-order valence-electron chi connectivity index (χ2n) is 4.11. The second-order valence-corrected chi connectivity index (χ2v) is 5.46. The quantitative estimate of drug-likeness (QED) is 0.653. The first kappa shape index (κ1) is 15.3. The van der Waals surface area contributed by atoms with E-state index < -0.39 is 4.92 Å². The fraction of sp³-hybridized carbons (Fsp3) is 0.0714. The van der Waals surface area contributed by atoms with Crippen molar-refractivity contribution in [2.45, 2.75) is 5.75 Å². The number of nitro groups is 1. The lowest BCUT2D eigenvalue weighted by molar-refractivity contribution is -0.384. The third-order valence-corrected chi connectivity index (χ3v) is 3.78. The molecular formula is C14H11ClN2O3S. The maximum Gasteiger partial charge on any atom is 0.283 e. The Hall–Kier alpha value is -2.05. The van der Waals surface area contributed by atoms with E-state index in [0.29, 0.717) is 5.75 Å². The average Bonchev–Trinajstić information content (AvgIpc) is 2.48. The molecule has 0 aliphatic carbocycles. The zero-order valence-electron chi connectivity index (χ0n) is 10.8. The zero-order valence-corrected chi connectivity index (χ0v) is 12.4. The summed E-state index contributed by atoms with van der Waals surface area (Å²) in [6.07, 6.45) is 0. The molecule has 1 amide bonds. The Balaban J connectivity index is 1.99. The predicted molar refractivity (Wildman–Crippen MR) is 84.9 cm³/mol.